The highest BCUT2D eigenvalue weighted by Gasteiger charge is 2.30. The van der Waals surface area contributed by atoms with Crippen molar-refractivity contribution in [1.82, 2.24) is 14.9 Å². The summed E-state index contributed by atoms with van der Waals surface area (Å²) >= 11 is 0. The van der Waals surface area contributed by atoms with Gasteiger partial charge in [0.25, 0.3) is 5.91 Å². The fourth-order valence-electron chi connectivity index (χ4n) is 3.96. The molecule has 0 saturated carbocycles. The highest BCUT2D eigenvalue weighted by Crippen LogP contribution is 2.30. The number of carbonyl (C=O) groups is 2. The molecule has 2 amide bonds. The molecule has 1 atom stereocenters. The van der Waals surface area contributed by atoms with Gasteiger partial charge in [0, 0.05) is 18.4 Å². The molecule has 2 heterocycles. The number of para-hydroxylation sites is 1. The quantitative estimate of drug-likeness (QED) is 0.674. The van der Waals surface area contributed by atoms with E-state index in [2.05, 4.69) is 15.3 Å². The molecule has 2 aromatic carbocycles. The fourth-order valence-corrected chi connectivity index (χ4v) is 3.96. The molecule has 0 spiro atoms. The van der Waals surface area contributed by atoms with E-state index in [1.807, 2.05) is 72.5 Å². The Kier molecular flexibility index (Phi) is 6.36. The zero-order valence-electron chi connectivity index (χ0n) is 17.6. The van der Waals surface area contributed by atoms with Gasteiger partial charge in [0.1, 0.15) is 0 Å². The van der Waals surface area contributed by atoms with Crippen LogP contribution in [0, 0.1) is 6.92 Å². The predicted octanol–water partition coefficient (Wildman–Crippen LogP) is 4.33. The Morgan fingerprint density at radius 1 is 1.03 bits per heavy atom. The average molecular weight is 415 g/mol. The monoisotopic (exact) mass is 414 g/mol. The maximum absolute atomic E-state index is 13.0. The highest BCUT2D eigenvalue weighted by atomic mass is 16.2. The van der Waals surface area contributed by atoms with Crippen molar-refractivity contribution < 1.29 is 9.59 Å². The number of rotatable bonds is 5. The van der Waals surface area contributed by atoms with E-state index in [4.69, 9.17) is 0 Å². The number of nitrogens with zero attached hydrogens (tertiary/aromatic N) is 3. The van der Waals surface area contributed by atoms with Gasteiger partial charge in [-0.3, -0.25) is 9.59 Å². The fraction of sp³-hybridized carbons (Fsp3) is 0.280. The second-order valence-electron chi connectivity index (χ2n) is 7.81. The zero-order chi connectivity index (χ0) is 21.6. The number of aromatic nitrogens is 2. The molecule has 1 aromatic heterocycles. The Morgan fingerprint density at radius 2 is 1.74 bits per heavy atom. The Hall–Kier alpha value is -3.54. The SMILES string of the molecule is Cc1nc([C@H]2CCCCN2C(=O)Cc2ccccc2)ncc1C(=O)Nc1ccccc1. The van der Waals surface area contributed by atoms with E-state index in [0.29, 0.717) is 30.0 Å². The summed E-state index contributed by atoms with van der Waals surface area (Å²) in [7, 11) is 0. The molecule has 31 heavy (non-hydrogen) atoms. The third-order valence-corrected chi connectivity index (χ3v) is 5.59. The number of benzene rings is 2. The van der Waals surface area contributed by atoms with E-state index >= 15 is 0 Å². The predicted molar refractivity (Wildman–Crippen MR) is 120 cm³/mol. The standard InChI is InChI=1S/C25H26N4O2/c1-18-21(25(31)28-20-12-6-3-7-13-20)17-26-24(27-18)22-14-8-9-15-29(22)23(30)16-19-10-4-2-5-11-19/h2-7,10-13,17,22H,8-9,14-16H2,1H3,(H,28,31)/t22-/m1/s1. The van der Waals surface area contributed by atoms with Crippen LogP contribution in [0.25, 0.3) is 0 Å². The summed E-state index contributed by atoms with van der Waals surface area (Å²) in [4.78, 5) is 36.7. The lowest BCUT2D eigenvalue weighted by Crippen LogP contribution is -2.40. The van der Waals surface area contributed by atoms with Gasteiger partial charge >= 0.3 is 0 Å². The number of piperidine rings is 1. The Morgan fingerprint density at radius 3 is 2.45 bits per heavy atom. The van der Waals surface area contributed by atoms with Crippen molar-refractivity contribution in [1.29, 1.82) is 0 Å². The van der Waals surface area contributed by atoms with Crippen LogP contribution in [0.5, 0.6) is 0 Å². The van der Waals surface area contributed by atoms with E-state index < -0.39 is 0 Å². The van der Waals surface area contributed by atoms with Crippen LogP contribution in [0.4, 0.5) is 5.69 Å². The van der Waals surface area contributed by atoms with Crippen molar-refractivity contribution in [3.63, 3.8) is 0 Å². The average Bonchev–Trinajstić information content (AvgIpc) is 2.80. The normalized spacial score (nSPS) is 16.0. The minimum Gasteiger partial charge on any atom is -0.332 e. The highest BCUT2D eigenvalue weighted by molar-refractivity contribution is 6.04. The van der Waals surface area contributed by atoms with Gasteiger partial charge in [0.05, 0.1) is 23.7 Å². The molecule has 158 valence electrons. The van der Waals surface area contributed by atoms with Gasteiger partial charge in [-0.15, -0.1) is 0 Å². The van der Waals surface area contributed by atoms with Crippen molar-refractivity contribution in [3.05, 3.63) is 89.5 Å². The second-order valence-corrected chi connectivity index (χ2v) is 7.81. The van der Waals surface area contributed by atoms with Crippen LogP contribution in [0.3, 0.4) is 0 Å². The van der Waals surface area contributed by atoms with Crippen LogP contribution in [0.15, 0.2) is 66.9 Å². The van der Waals surface area contributed by atoms with Crippen LogP contribution < -0.4 is 5.32 Å². The van der Waals surface area contributed by atoms with Crippen molar-refractivity contribution in [2.24, 2.45) is 0 Å². The third kappa shape index (κ3) is 4.97. The molecule has 6 heteroatoms. The van der Waals surface area contributed by atoms with Crippen LogP contribution in [-0.4, -0.2) is 33.2 Å². The third-order valence-electron chi connectivity index (χ3n) is 5.59. The summed E-state index contributed by atoms with van der Waals surface area (Å²) in [6.45, 7) is 2.51. The molecule has 3 aromatic rings. The number of likely N-dealkylation sites (tertiary alicyclic amines) is 1. The molecule has 1 aliphatic rings. The molecule has 4 rings (SSSR count). The number of hydrogen-bond acceptors (Lipinski definition) is 4. The molecule has 0 aliphatic carbocycles. The lowest BCUT2D eigenvalue weighted by Gasteiger charge is -2.35. The summed E-state index contributed by atoms with van der Waals surface area (Å²) in [5.41, 5.74) is 2.77. The van der Waals surface area contributed by atoms with E-state index in [0.717, 1.165) is 30.5 Å². The summed E-state index contributed by atoms with van der Waals surface area (Å²) in [6.07, 6.45) is 4.78. The Balaban J connectivity index is 1.51. The summed E-state index contributed by atoms with van der Waals surface area (Å²) in [5, 5.41) is 2.87. The van der Waals surface area contributed by atoms with Crippen molar-refractivity contribution >= 4 is 17.5 Å². The first-order valence-electron chi connectivity index (χ1n) is 10.6. The molecule has 1 N–H and O–H groups in total. The molecule has 1 fully saturated rings. The number of anilines is 1. The minimum absolute atomic E-state index is 0.0862. The first kappa shape index (κ1) is 20.7. The van der Waals surface area contributed by atoms with Crippen LogP contribution >= 0.6 is 0 Å². The number of hydrogen-bond donors (Lipinski definition) is 1. The Bertz CT molecular complexity index is 1050. The van der Waals surface area contributed by atoms with Crippen LogP contribution in [0.2, 0.25) is 0 Å². The molecule has 0 bridgehead atoms. The van der Waals surface area contributed by atoms with Crippen molar-refractivity contribution in [3.8, 4) is 0 Å². The molecule has 6 nitrogen and oxygen atoms in total. The van der Waals surface area contributed by atoms with Gasteiger partial charge in [-0.05, 0) is 43.9 Å². The molecular weight excluding hydrogens is 388 g/mol. The molecule has 1 saturated heterocycles. The number of amides is 2. The summed E-state index contributed by atoms with van der Waals surface area (Å²) in [6, 6.07) is 18.9. The first-order valence-corrected chi connectivity index (χ1v) is 10.6. The van der Waals surface area contributed by atoms with Gasteiger partial charge in [-0.1, -0.05) is 48.5 Å². The topological polar surface area (TPSA) is 75.2 Å². The molecular formula is C25H26N4O2. The second kappa shape index (κ2) is 9.51. The lowest BCUT2D eigenvalue weighted by atomic mass is 9.99. The summed E-state index contributed by atoms with van der Waals surface area (Å²) in [5.74, 6) is 0.453. The molecule has 1 aliphatic heterocycles. The molecule has 0 unspecified atom stereocenters. The lowest BCUT2D eigenvalue weighted by molar-refractivity contribution is -0.134. The maximum Gasteiger partial charge on any atom is 0.259 e. The van der Waals surface area contributed by atoms with Crippen LogP contribution in [-0.2, 0) is 11.2 Å². The number of nitrogens with one attached hydrogen (secondary N) is 1. The van der Waals surface area contributed by atoms with Gasteiger partial charge in [-0.25, -0.2) is 9.97 Å². The van der Waals surface area contributed by atoms with Crippen molar-refractivity contribution in [2.45, 2.75) is 38.6 Å². The number of carbonyl (C=O) groups excluding carboxylic acids is 2. The van der Waals surface area contributed by atoms with E-state index in [-0.39, 0.29) is 17.9 Å². The van der Waals surface area contributed by atoms with Gasteiger partial charge in [-0.2, -0.15) is 0 Å². The van der Waals surface area contributed by atoms with Crippen LogP contribution in [0.1, 0.15) is 52.7 Å². The van der Waals surface area contributed by atoms with Crippen molar-refractivity contribution in [2.75, 3.05) is 11.9 Å². The van der Waals surface area contributed by atoms with E-state index in [1.165, 1.54) is 0 Å². The van der Waals surface area contributed by atoms with E-state index in [9.17, 15) is 9.59 Å². The minimum atomic E-state index is -0.240. The zero-order valence-corrected chi connectivity index (χ0v) is 17.6. The first-order chi connectivity index (χ1) is 15.1. The van der Waals surface area contributed by atoms with Gasteiger partial charge in [0.2, 0.25) is 5.91 Å². The smallest absolute Gasteiger partial charge is 0.259 e. The van der Waals surface area contributed by atoms with Gasteiger partial charge in [0.15, 0.2) is 5.82 Å². The summed E-state index contributed by atoms with van der Waals surface area (Å²) < 4.78 is 0. The van der Waals surface area contributed by atoms with E-state index in [1.54, 1.807) is 6.20 Å². The largest absolute Gasteiger partial charge is 0.332 e. The van der Waals surface area contributed by atoms with Gasteiger partial charge < -0.3 is 10.2 Å². The maximum atomic E-state index is 13.0. The molecule has 0 radical (unpaired) electrons. The Labute approximate surface area is 182 Å². The number of aryl methyl sites for hydroxylation is 1.